The molecule has 9 atom stereocenters. The zero-order valence-corrected chi connectivity index (χ0v) is 57.9. The van der Waals surface area contributed by atoms with E-state index in [-0.39, 0.29) is 84.3 Å². The SMILES string of the molecule is CO[C@@H]1/C=C/C=C(\C)Cc2cc(C)c(Cl)c(c2)N(C)C(=O)C[C@H](OC(=O)[C@H](C)N(C)C(=O)CCOCCOCCNC(=O)[C@H](CC(N)=O)NC(=O)CCn2c(CN(C)N(C)C(=O)OCC3c4ccccc4-c4ccccc43)cc3ccccc32)[C@]2(C)OC2[C@H](C)[C@@H]2C[C@]1(O)NC(=O)O2. The van der Waals surface area contributed by atoms with Crippen LogP contribution in [0.25, 0.3) is 22.0 Å². The van der Waals surface area contributed by atoms with Crippen molar-refractivity contribution >= 4 is 75.9 Å². The van der Waals surface area contributed by atoms with Crippen LogP contribution in [0.15, 0.2) is 115 Å². The van der Waals surface area contributed by atoms with Crippen LogP contribution < -0.4 is 26.6 Å². The molecule has 7 amide bonds. The first kappa shape index (κ1) is 73.6. The lowest BCUT2D eigenvalue weighted by Crippen LogP contribution is -2.63. The number of nitrogens with two attached hydrogens (primary N) is 1. The lowest BCUT2D eigenvalue weighted by atomic mass is 9.83. The number of para-hydroxylation sites is 1. The number of allylic oxidation sites excluding steroid dienone is 3. The van der Waals surface area contributed by atoms with Crippen molar-refractivity contribution < 1.29 is 76.6 Å². The summed E-state index contributed by atoms with van der Waals surface area (Å²) in [6.45, 7) is 9.54. The molecule has 0 radical (unpaired) electrons. The number of nitrogens with zero attached hydrogens (tertiary/aromatic N) is 5. The van der Waals surface area contributed by atoms with Gasteiger partial charge in [-0.3, -0.25) is 29.3 Å². The van der Waals surface area contributed by atoms with Gasteiger partial charge in [-0.05, 0) is 91.1 Å². The molecule has 98 heavy (non-hydrogen) atoms. The number of nitrogens with one attached hydrogen (secondary N) is 3. The smallest absolute Gasteiger partial charge is 0.424 e. The van der Waals surface area contributed by atoms with Crippen LogP contribution >= 0.6 is 11.6 Å². The number of epoxide rings is 1. The third-order valence-corrected chi connectivity index (χ3v) is 19.4. The van der Waals surface area contributed by atoms with Crippen LogP contribution in [0.3, 0.4) is 0 Å². The van der Waals surface area contributed by atoms with E-state index in [0.29, 0.717) is 17.1 Å². The molecule has 6 N–H and O–H groups in total. The number of amides is 7. The minimum absolute atomic E-state index is 0.0135. The van der Waals surface area contributed by atoms with Crippen molar-refractivity contribution in [2.75, 3.05) is 79.8 Å². The maximum atomic E-state index is 14.4. The van der Waals surface area contributed by atoms with Crippen LogP contribution in [0.2, 0.25) is 5.02 Å². The minimum Gasteiger partial charge on any atom is -0.457 e. The van der Waals surface area contributed by atoms with Crippen molar-refractivity contribution in [3.63, 3.8) is 0 Å². The number of hydrazine groups is 1. The highest BCUT2D eigenvalue weighted by Gasteiger charge is 2.64. The van der Waals surface area contributed by atoms with E-state index in [1.807, 2.05) is 91.2 Å². The lowest BCUT2D eigenvalue weighted by Gasteiger charge is -2.42. The number of aryl methyl sites for hydroxylation is 2. The Morgan fingerprint density at radius 1 is 0.908 bits per heavy atom. The van der Waals surface area contributed by atoms with E-state index < -0.39 is 108 Å². The monoisotopic (exact) mass is 1370 g/mol. The minimum atomic E-state index is -1.88. The Morgan fingerprint density at radius 3 is 2.28 bits per heavy atom. The molecule has 9 rings (SSSR count). The molecule has 3 aliphatic heterocycles. The zero-order chi connectivity index (χ0) is 70.8. The summed E-state index contributed by atoms with van der Waals surface area (Å²) in [5, 5.41) is 24.2. The van der Waals surface area contributed by atoms with Gasteiger partial charge < -0.3 is 69.0 Å². The molecule has 526 valence electrons. The molecule has 1 unspecified atom stereocenters. The van der Waals surface area contributed by atoms with Gasteiger partial charge in [0, 0.05) is 84.3 Å². The van der Waals surface area contributed by atoms with Gasteiger partial charge in [-0.25, -0.2) is 24.4 Å². The van der Waals surface area contributed by atoms with Crippen LogP contribution in [-0.4, -0.2) is 195 Å². The summed E-state index contributed by atoms with van der Waals surface area (Å²) in [6.07, 6.45) is -0.597. The van der Waals surface area contributed by atoms with Crippen LogP contribution in [0, 0.1) is 12.8 Å². The fourth-order valence-corrected chi connectivity index (χ4v) is 13.2. The number of hydrogen-bond acceptors (Lipinski definition) is 17. The number of primary amides is 1. The van der Waals surface area contributed by atoms with E-state index >= 15 is 0 Å². The highest BCUT2D eigenvalue weighted by molar-refractivity contribution is 6.34. The van der Waals surface area contributed by atoms with Crippen LogP contribution in [0.1, 0.15) is 93.7 Å². The first-order chi connectivity index (χ1) is 46.7. The maximum absolute atomic E-state index is 14.4. The van der Waals surface area contributed by atoms with Gasteiger partial charge in [-0.2, -0.15) is 0 Å². The molecular formula is C72H90ClN9O16. The Kier molecular flexibility index (Phi) is 24.3. The molecular weight excluding hydrogens is 1280 g/mol. The van der Waals surface area contributed by atoms with Crippen molar-refractivity contribution in [1.29, 1.82) is 0 Å². The summed E-state index contributed by atoms with van der Waals surface area (Å²) in [7, 11) is 7.85. The average Bonchev–Trinajstić information content (AvgIpc) is 1.57. The van der Waals surface area contributed by atoms with E-state index in [9.17, 15) is 43.5 Å². The highest BCUT2D eigenvalue weighted by atomic mass is 35.5. The number of anilines is 1. The average molecular weight is 1370 g/mol. The molecule has 1 aromatic heterocycles. The molecule has 4 aliphatic rings. The highest BCUT2D eigenvalue weighted by Crippen LogP contribution is 2.50. The molecule has 5 aromatic rings. The van der Waals surface area contributed by atoms with Crippen LogP contribution in [-0.2, 0) is 81.4 Å². The summed E-state index contributed by atoms with van der Waals surface area (Å²) in [4.78, 5) is 110. The molecule has 0 saturated carbocycles. The first-order valence-corrected chi connectivity index (χ1v) is 33.2. The summed E-state index contributed by atoms with van der Waals surface area (Å²) in [6, 6.07) is 27.3. The van der Waals surface area contributed by atoms with Crippen molar-refractivity contribution in [3.05, 3.63) is 148 Å². The van der Waals surface area contributed by atoms with E-state index in [2.05, 4.69) is 40.2 Å². The first-order valence-electron chi connectivity index (χ1n) is 32.9. The van der Waals surface area contributed by atoms with Gasteiger partial charge in [-0.1, -0.05) is 115 Å². The molecule has 25 nitrogen and oxygen atoms in total. The van der Waals surface area contributed by atoms with Crippen molar-refractivity contribution in [2.24, 2.45) is 11.7 Å². The molecule has 4 bridgehead atoms. The van der Waals surface area contributed by atoms with Crippen molar-refractivity contribution in [2.45, 2.75) is 140 Å². The molecule has 2 fully saturated rings. The molecule has 0 spiro atoms. The quantitative estimate of drug-likeness (QED) is 0.0129. The number of halogens is 1. The number of esters is 1. The summed E-state index contributed by atoms with van der Waals surface area (Å²) >= 11 is 6.85. The zero-order valence-electron chi connectivity index (χ0n) is 57.2. The molecule has 2 saturated heterocycles. The summed E-state index contributed by atoms with van der Waals surface area (Å²) in [5.74, 6) is -4.36. The van der Waals surface area contributed by atoms with E-state index in [1.54, 1.807) is 52.2 Å². The van der Waals surface area contributed by atoms with Crippen LogP contribution in [0.5, 0.6) is 0 Å². The Bertz CT molecular complexity index is 3800. The topological polar surface area (TPSA) is 305 Å². The summed E-state index contributed by atoms with van der Waals surface area (Å²) in [5.41, 5.74) is 11.5. The van der Waals surface area contributed by atoms with Gasteiger partial charge in [0.05, 0.1) is 69.0 Å². The van der Waals surface area contributed by atoms with E-state index in [4.69, 9.17) is 50.5 Å². The number of alkyl carbamates (subject to hydrolysis) is 1. The number of benzene rings is 4. The molecule has 4 heterocycles. The number of fused-ring (bicyclic) bond motifs is 9. The van der Waals surface area contributed by atoms with Gasteiger partial charge in [0.15, 0.2) is 5.72 Å². The molecule has 26 heteroatoms. The Hall–Kier alpha value is -8.69. The van der Waals surface area contributed by atoms with Gasteiger partial charge in [0.2, 0.25) is 29.5 Å². The van der Waals surface area contributed by atoms with Gasteiger partial charge in [-0.15, -0.1) is 0 Å². The molecule has 1 aliphatic carbocycles. The predicted octanol–water partition coefficient (Wildman–Crippen LogP) is 6.99. The number of rotatable bonds is 25. The second-order valence-electron chi connectivity index (χ2n) is 25.8. The maximum Gasteiger partial charge on any atom is 0.424 e. The second-order valence-corrected chi connectivity index (χ2v) is 26.2. The number of aliphatic hydroxyl groups is 1. The molecule has 4 aromatic carbocycles. The van der Waals surface area contributed by atoms with Crippen molar-refractivity contribution in [3.8, 4) is 11.1 Å². The Morgan fingerprint density at radius 2 is 1.58 bits per heavy atom. The van der Waals surface area contributed by atoms with Crippen molar-refractivity contribution in [1.82, 2.24) is 35.4 Å². The third kappa shape index (κ3) is 17.4. The second kappa shape index (κ2) is 32.3. The number of carbonyl (C=O) groups is 8. The number of aromatic nitrogens is 1. The standard InChI is InChI=1S/C72H90ClN9O16/c1-43-18-17-25-59(92-10)72(91)40-58(96-69(89)77-72)45(3)66-71(5,98-66)60(39-64(86)80(8)57-36-47(34-43)35-44(2)65(57)73)97-68(88)46(4)79(7)63(85)27-30-93-32-33-94-31-28-75-67(87)55(38-61(74)83)76-62(84)26-29-82-49(37-48-19-11-16-24-56(48)82)41-78(6)81(9)70(90)95-42-54-52-22-14-12-20-50(52)51-21-13-15-23-53(51)54/h11-25,35-37,45-46,54-55,58-60,66,91H,26-34,38-42H2,1-10H3,(H2,74,83)(H,75,87)(H,76,84)(H,77,89)/b25-17+,43-18+/t45-,46+,55+,58+,59-,60+,66?,71+,72-/m1/s1. The number of likely N-dealkylation sites (N-methyl/N-ethyl adjacent to an activating group) is 1. The number of ether oxygens (including phenoxy) is 7. The number of methoxy groups -OCH3 is 1. The van der Waals surface area contributed by atoms with Crippen LogP contribution in [0.4, 0.5) is 15.3 Å². The summed E-state index contributed by atoms with van der Waals surface area (Å²) < 4.78 is 43.1. The Labute approximate surface area is 575 Å². The van der Waals surface area contributed by atoms with E-state index in [0.717, 1.165) is 55.6 Å². The fraction of sp³-hybridized carbons (Fsp3) is 0.472. The third-order valence-electron chi connectivity index (χ3n) is 18.9. The fourth-order valence-electron chi connectivity index (χ4n) is 13.0. The lowest BCUT2D eigenvalue weighted by molar-refractivity contribution is -0.162. The van der Waals surface area contributed by atoms with Gasteiger partial charge in [0.25, 0.3) is 0 Å². The predicted molar refractivity (Wildman–Crippen MR) is 365 cm³/mol. The Balaban J connectivity index is 0.717. The normalized spacial score (nSPS) is 23.0. The number of hydrogen-bond donors (Lipinski definition) is 5. The van der Waals surface area contributed by atoms with E-state index in [1.165, 1.54) is 35.9 Å². The van der Waals surface area contributed by atoms with Gasteiger partial charge >= 0.3 is 18.2 Å². The van der Waals surface area contributed by atoms with Gasteiger partial charge in [0.1, 0.15) is 42.6 Å². The largest absolute Gasteiger partial charge is 0.457 e. The number of carbonyl (C=O) groups excluding carboxylic acids is 8.